The van der Waals surface area contributed by atoms with E-state index in [1.165, 1.54) is 0 Å². The molecular weight excluding hydrogens is 364 g/mol. The molecule has 0 unspecified atom stereocenters. The Labute approximate surface area is 95.6 Å². The summed E-state index contributed by atoms with van der Waals surface area (Å²) in [4.78, 5) is 0. The molecule has 0 spiro atoms. The van der Waals surface area contributed by atoms with Gasteiger partial charge in [-0.25, -0.2) is 0 Å². The second-order valence-corrected chi connectivity index (χ2v) is 5.97. The predicted octanol–water partition coefficient (Wildman–Crippen LogP) is 0.720. The molecule has 12 heavy (non-hydrogen) atoms. The highest BCUT2D eigenvalue weighted by atomic mass is 79.9. The molecule has 0 saturated carbocycles. The van der Waals surface area contributed by atoms with E-state index in [4.69, 9.17) is 19.1 Å². The van der Waals surface area contributed by atoms with Crippen molar-refractivity contribution >= 4 is 48.1 Å². The Morgan fingerprint density at radius 2 is 1.33 bits per heavy atom. The van der Waals surface area contributed by atoms with Crippen molar-refractivity contribution < 1.29 is 19.1 Å². The molecule has 0 aliphatic carbocycles. The molecular formula is C5H9Br3O4. The van der Waals surface area contributed by atoms with Crippen molar-refractivity contribution in [3.63, 3.8) is 0 Å². The van der Waals surface area contributed by atoms with Crippen LogP contribution in [0.25, 0.3) is 0 Å². The molecule has 0 radical (unpaired) electrons. The van der Waals surface area contributed by atoms with Gasteiger partial charge in [-0.05, 0) is 31.9 Å². The van der Waals surface area contributed by atoms with Gasteiger partial charge in [0, 0.05) is 0 Å². The monoisotopic (exact) mass is 370 g/mol. The number of alkyl halides is 2. The lowest BCUT2D eigenvalue weighted by atomic mass is 9.92. The van der Waals surface area contributed by atoms with Crippen molar-refractivity contribution in [2.24, 2.45) is 5.41 Å². The first kappa shape index (κ1) is 13.3. The number of hydrogen-bond acceptors (Lipinski definition) is 4. The van der Waals surface area contributed by atoms with Gasteiger partial charge in [0.1, 0.15) is 16.3 Å². The van der Waals surface area contributed by atoms with E-state index in [0.717, 1.165) is 0 Å². The highest BCUT2D eigenvalue weighted by Gasteiger charge is 2.49. The fourth-order valence-electron chi connectivity index (χ4n) is 0.508. The summed E-state index contributed by atoms with van der Waals surface area (Å²) in [5, 5.41) is 26.9. The van der Waals surface area contributed by atoms with E-state index in [9.17, 15) is 0 Å². The van der Waals surface area contributed by atoms with Gasteiger partial charge in [0.05, 0.1) is 25.2 Å². The second kappa shape index (κ2) is 5.23. The van der Waals surface area contributed by atoms with Crippen LogP contribution in [0.3, 0.4) is 0 Å². The summed E-state index contributed by atoms with van der Waals surface area (Å²) in [5.74, 6) is 0. The third-order valence-corrected chi connectivity index (χ3v) is 4.98. The Morgan fingerprint density at radius 3 is 1.42 bits per heavy atom. The zero-order valence-corrected chi connectivity index (χ0v) is 10.8. The summed E-state index contributed by atoms with van der Waals surface area (Å²) in [6.45, 7) is -1.29. The van der Waals surface area contributed by atoms with Gasteiger partial charge in [-0.1, -0.05) is 0 Å². The molecule has 0 fully saturated rings. The van der Waals surface area contributed by atoms with Crippen LogP contribution in [-0.2, 0) is 3.83 Å². The Kier molecular flexibility index (Phi) is 5.79. The summed E-state index contributed by atoms with van der Waals surface area (Å²) in [5.41, 5.74) is -1.20. The predicted molar refractivity (Wildman–Crippen MR) is 54.3 cm³/mol. The molecule has 0 rings (SSSR count). The highest BCUT2D eigenvalue weighted by Crippen LogP contribution is 2.45. The smallest absolute Gasteiger partial charge is 0.203 e. The van der Waals surface area contributed by atoms with Crippen LogP contribution in [0, 0.1) is 5.41 Å². The number of halogens is 3. The van der Waals surface area contributed by atoms with E-state index < -0.39 is 28.7 Å². The van der Waals surface area contributed by atoms with E-state index >= 15 is 0 Å². The number of hydrogen-bond donors (Lipinski definition) is 3. The van der Waals surface area contributed by atoms with Gasteiger partial charge in [-0.3, -0.25) is 3.83 Å². The molecule has 0 heterocycles. The third kappa shape index (κ3) is 2.40. The van der Waals surface area contributed by atoms with E-state index in [1.54, 1.807) is 0 Å². The molecule has 0 aromatic heterocycles. The summed E-state index contributed by atoms with van der Waals surface area (Å²) >= 11 is 8.81. The van der Waals surface area contributed by atoms with Crippen LogP contribution >= 0.6 is 48.1 Å². The zero-order chi connectivity index (χ0) is 9.83. The first-order chi connectivity index (χ1) is 5.49. The maximum atomic E-state index is 8.96. The molecule has 0 atom stereocenters. The zero-order valence-electron chi connectivity index (χ0n) is 6.01. The van der Waals surface area contributed by atoms with Crippen LogP contribution in [0.4, 0.5) is 0 Å². The summed E-state index contributed by atoms with van der Waals surface area (Å²) < 4.78 is 3.54. The lowest BCUT2D eigenvalue weighted by Gasteiger charge is -2.37. The van der Waals surface area contributed by atoms with Gasteiger partial charge in [0.15, 0.2) is 0 Å². The molecule has 3 N–H and O–H groups in total. The minimum Gasteiger partial charge on any atom is -0.395 e. The lowest BCUT2D eigenvalue weighted by Crippen LogP contribution is -2.48. The van der Waals surface area contributed by atoms with E-state index in [1.807, 2.05) is 0 Å². The molecule has 0 aliphatic rings. The summed E-state index contributed by atoms with van der Waals surface area (Å²) in [7, 11) is 0. The quantitative estimate of drug-likeness (QED) is 0.622. The average molecular weight is 373 g/mol. The molecule has 4 nitrogen and oxygen atoms in total. The van der Waals surface area contributed by atoms with Crippen molar-refractivity contribution in [1.82, 2.24) is 0 Å². The lowest BCUT2D eigenvalue weighted by molar-refractivity contribution is -0.0391. The molecule has 7 heteroatoms. The normalized spacial score (nSPS) is 13.5. The Morgan fingerprint density at radius 1 is 1.00 bits per heavy atom. The van der Waals surface area contributed by atoms with Crippen LogP contribution in [-0.4, -0.2) is 38.6 Å². The fourth-order valence-corrected chi connectivity index (χ4v) is 1.60. The Balaban J connectivity index is 4.69. The van der Waals surface area contributed by atoms with Crippen molar-refractivity contribution in [1.29, 1.82) is 0 Å². The van der Waals surface area contributed by atoms with E-state index in [2.05, 4.69) is 48.1 Å². The summed E-state index contributed by atoms with van der Waals surface area (Å²) in [6, 6.07) is 0. The minimum atomic E-state index is -1.20. The fraction of sp³-hybridized carbons (Fsp3) is 1.00. The van der Waals surface area contributed by atoms with Crippen molar-refractivity contribution in [2.75, 3.05) is 19.8 Å². The van der Waals surface area contributed by atoms with Crippen LogP contribution in [0.15, 0.2) is 0 Å². The molecule has 0 aromatic carbocycles. The van der Waals surface area contributed by atoms with Gasteiger partial charge < -0.3 is 15.3 Å². The van der Waals surface area contributed by atoms with Crippen molar-refractivity contribution in [3.8, 4) is 0 Å². The minimum absolute atomic E-state index is 0.428. The average Bonchev–Trinajstić information content (AvgIpc) is 2.08. The standard InChI is InChI=1S/C5H9Br3O4/c6-5(7,12-8)4(1-9,2-10)3-11/h9-11H,1-3H2. The second-order valence-electron chi connectivity index (χ2n) is 2.35. The van der Waals surface area contributed by atoms with Gasteiger partial charge >= 0.3 is 0 Å². The molecule has 0 aliphatic heterocycles. The molecule has 0 saturated heterocycles. The maximum Gasteiger partial charge on any atom is 0.203 e. The highest BCUT2D eigenvalue weighted by molar-refractivity contribution is 9.25. The topological polar surface area (TPSA) is 69.9 Å². The number of aliphatic hydroxyl groups is 3. The summed E-state index contributed by atoms with van der Waals surface area (Å²) in [6.07, 6.45) is 0. The third-order valence-electron chi connectivity index (χ3n) is 1.62. The van der Waals surface area contributed by atoms with Gasteiger partial charge in [-0.2, -0.15) is 0 Å². The van der Waals surface area contributed by atoms with Crippen LogP contribution in [0.1, 0.15) is 0 Å². The Hall–Kier alpha value is 1.28. The number of rotatable bonds is 5. The Bertz CT molecular complexity index is 128. The maximum absolute atomic E-state index is 8.96. The first-order valence-electron chi connectivity index (χ1n) is 3.00. The molecule has 0 amide bonds. The van der Waals surface area contributed by atoms with Crippen LogP contribution in [0.5, 0.6) is 0 Å². The van der Waals surface area contributed by atoms with E-state index in [-0.39, 0.29) is 0 Å². The van der Waals surface area contributed by atoms with Gasteiger partial charge in [-0.15, -0.1) is 0 Å². The molecule has 74 valence electrons. The first-order valence-corrected chi connectivity index (χ1v) is 5.23. The van der Waals surface area contributed by atoms with Gasteiger partial charge in [0.2, 0.25) is 3.42 Å². The van der Waals surface area contributed by atoms with Crippen LogP contribution in [0.2, 0.25) is 0 Å². The van der Waals surface area contributed by atoms with Crippen molar-refractivity contribution in [2.45, 2.75) is 3.42 Å². The van der Waals surface area contributed by atoms with E-state index in [0.29, 0.717) is 0 Å². The van der Waals surface area contributed by atoms with Crippen LogP contribution < -0.4 is 0 Å². The SMILES string of the molecule is OCC(CO)(CO)C(Br)(Br)OBr. The van der Waals surface area contributed by atoms with Crippen molar-refractivity contribution in [3.05, 3.63) is 0 Å². The largest absolute Gasteiger partial charge is 0.395 e. The molecule has 0 aromatic rings. The number of aliphatic hydroxyl groups excluding tert-OH is 3. The molecule has 0 bridgehead atoms. The van der Waals surface area contributed by atoms with Gasteiger partial charge in [0.25, 0.3) is 0 Å².